The molecule has 1 aliphatic carbocycles. The van der Waals surface area contributed by atoms with Crippen molar-refractivity contribution in [2.75, 3.05) is 25.0 Å². The maximum absolute atomic E-state index is 14.4. The van der Waals surface area contributed by atoms with Gasteiger partial charge in [-0.15, -0.1) is 0 Å². The van der Waals surface area contributed by atoms with Gasteiger partial charge in [-0.2, -0.15) is 0 Å². The fraction of sp³-hybridized carbons (Fsp3) is 0.560. The average Bonchev–Trinajstić information content (AvgIpc) is 3.43. The van der Waals surface area contributed by atoms with E-state index >= 15 is 0 Å². The molecule has 1 aliphatic heterocycles. The molecular weight excluding hydrogens is 423 g/mol. The van der Waals surface area contributed by atoms with E-state index in [4.69, 9.17) is 4.52 Å². The minimum absolute atomic E-state index is 0.0423. The summed E-state index contributed by atoms with van der Waals surface area (Å²) in [5.74, 6) is 0.297. The van der Waals surface area contributed by atoms with Crippen molar-refractivity contribution in [3.8, 4) is 0 Å². The van der Waals surface area contributed by atoms with Crippen LogP contribution in [0.15, 0.2) is 22.7 Å². The van der Waals surface area contributed by atoms with Crippen LogP contribution in [0.4, 0.5) is 10.1 Å². The van der Waals surface area contributed by atoms with Crippen LogP contribution in [0.1, 0.15) is 55.2 Å². The molecule has 1 aromatic carbocycles. The second-order valence-electron chi connectivity index (χ2n) is 9.49. The summed E-state index contributed by atoms with van der Waals surface area (Å²) in [5, 5.41) is 6.60. The van der Waals surface area contributed by atoms with Crippen LogP contribution in [0, 0.1) is 25.6 Å². The van der Waals surface area contributed by atoms with E-state index in [-0.39, 0.29) is 30.1 Å². The number of rotatable bonds is 6. The molecule has 1 saturated carbocycles. The summed E-state index contributed by atoms with van der Waals surface area (Å²) in [4.78, 5) is 29.6. The van der Waals surface area contributed by atoms with Crippen molar-refractivity contribution in [1.29, 1.82) is 0 Å². The van der Waals surface area contributed by atoms with Crippen molar-refractivity contribution in [2.45, 2.75) is 65.5 Å². The van der Waals surface area contributed by atoms with Crippen LogP contribution in [-0.4, -0.2) is 52.4 Å². The van der Waals surface area contributed by atoms with Gasteiger partial charge in [0.1, 0.15) is 11.6 Å². The summed E-state index contributed by atoms with van der Waals surface area (Å²) in [6.07, 6.45) is 4.37. The molecule has 1 saturated heterocycles. The Morgan fingerprint density at radius 3 is 2.61 bits per heavy atom. The summed E-state index contributed by atoms with van der Waals surface area (Å²) in [7, 11) is 0. The Labute approximate surface area is 194 Å². The summed E-state index contributed by atoms with van der Waals surface area (Å²) in [5.41, 5.74) is 2.86. The fourth-order valence-corrected chi connectivity index (χ4v) is 5.03. The Morgan fingerprint density at radius 1 is 1.18 bits per heavy atom. The van der Waals surface area contributed by atoms with Crippen molar-refractivity contribution >= 4 is 17.5 Å². The van der Waals surface area contributed by atoms with Gasteiger partial charge in [-0.3, -0.25) is 14.5 Å². The number of carbonyl (C=O) groups is 2. The van der Waals surface area contributed by atoms with Crippen LogP contribution >= 0.6 is 0 Å². The van der Waals surface area contributed by atoms with Gasteiger partial charge in [0.25, 0.3) is 0 Å². The van der Waals surface area contributed by atoms with E-state index in [2.05, 4.69) is 22.3 Å². The Bertz CT molecular complexity index is 1020. The first-order valence-electron chi connectivity index (χ1n) is 11.8. The van der Waals surface area contributed by atoms with Gasteiger partial charge in [-0.25, -0.2) is 4.39 Å². The molecule has 2 heterocycles. The van der Waals surface area contributed by atoms with Crippen LogP contribution in [0.2, 0.25) is 0 Å². The quantitative estimate of drug-likeness (QED) is 0.715. The number of benzene rings is 1. The zero-order valence-corrected chi connectivity index (χ0v) is 19.7. The molecule has 7 nitrogen and oxygen atoms in total. The molecule has 2 fully saturated rings. The lowest BCUT2D eigenvalue weighted by Crippen LogP contribution is -2.54. The monoisotopic (exact) mass is 456 g/mol. The van der Waals surface area contributed by atoms with Gasteiger partial charge in [0.05, 0.1) is 12.1 Å². The molecule has 8 heteroatoms. The number of hydrogen-bond acceptors (Lipinski definition) is 5. The van der Waals surface area contributed by atoms with Crippen LogP contribution < -0.4 is 5.32 Å². The second kappa shape index (κ2) is 10.0. The zero-order valence-electron chi connectivity index (χ0n) is 19.7. The molecule has 33 heavy (non-hydrogen) atoms. The predicted octanol–water partition coefficient (Wildman–Crippen LogP) is 3.83. The topological polar surface area (TPSA) is 78.7 Å². The first-order chi connectivity index (χ1) is 15.8. The normalized spacial score (nSPS) is 19.8. The Hall–Kier alpha value is -2.74. The molecule has 2 aromatic rings. The van der Waals surface area contributed by atoms with Crippen LogP contribution in [0.5, 0.6) is 0 Å². The lowest BCUT2D eigenvalue weighted by Gasteiger charge is -2.41. The minimum Gasteiger partial charge on any atom is -0.361 e. The highest BCUT2D eigenvalue weighted by Crippen LogP contribution is 2.29. The van der Waals surface area contributed by atoms with Crippen LogP contribution in [0.25, 0.3) is 0 Å². The summed E-state index contributed by atoms with van der Waals surface area (Å²) >= 11 is 0. The molecule has 178 valence electrons. The van der Waals surface area contributed by atoms with Gasteiger partial charge >= 0.3 is 0 Å². The Morgan fingerprint density at radius 2 is 1.94 bits per heavy atom. The molecule has 0 bridgehead atoms. The lowest BCUT2D eigenvalue weighted by molar-refractivity contribution is -0.140. The van der Waals surface area contributed by atoms with Gasteiger partial charge in [0.15, 0.2) is 0 Å². The fourth-order valence-electron chi connectivity index (χ4n) is 5.03. The van der Waals surface area contributed by atoms with Crippen molar-refractivity contribution in [1.82, 2.24) is 15.0 Å². The minimum atomic E-state index is -0.385. The summed E-state index contributed by atoms with van der Waals surface area (Å²) in [6.45, 7) is 8.56. The third-order valence-electron chi connectivity index (χ3n) is 6.86. The van der Waals surface area contributed by atoms with Gasteiger partial charge in [0.2, 0.25) is 11.8 Å². The molecule has 2 aliphatic rings. The van der Waals surface area contributed by atoms with Crippen molar-refractivity contribution in [2.24, 2.45) is 5.92 Å². The zero-order chi connectivity index (χ0) is 23.5. The largest absolute Gasteiger partial charge is 0.361 e. The maximum Gasteiger partial charge on any atom is 0.232 e. The third-order valence-corrected chi connectivity index (χ3v) is 6.86. The molecule has 1 atom stereocenters. The van der Waals surface area contributed by atoms with E-state index < -0.39 is 0 Å². The highest BCUT2D eigenvalue weighted by Gasteiger charge is 2.33. The highest BCUT2D eigenvalue weighted by molar-refractivity contribution is 5.92. The molecule has 1 aromatic heterocycles. The van der Waals surface area contributed by atoms with Gasteiger partial charge in [-0.05, 0) is 56.9 Å². The number of nitrogens with one attached hydrogen (secondary N) is 1. The highest BCUT2D eigenvalue weighted by atomic mass is 19.1. The van der Waals surface area contributed by atoms with E-state index in [9.17, 15) is 14.0 Å². The van der Waals surface area contributed by atoms with Crippen molar-refractivity contribution in [3.63, 3.8) is 0 Å². The molecule has 4 rings (SSSR count). The maximum atomic E-state index is 14.4. The van der Waals surface area contributed by atoms with Crippen LogP contribution in [-0.2, 0) is 22.6 Å². The van der Waals surface area contributed by atoms with E-state index in [1.165, 1.54) is 12.1 Å². The lowest BCUT2D eigenvalue weighted by atomic mass is 10.0. The molecule has 1 N–H and O–H groups in total. The average molecular weight is 457 g/mol. The molecule has 0 radical (unpaired) electrons. The first kappa shape index (κ1) is 23.4. The Balaban J connectivity index is 1.38. The van der Waals surface area contributed by atoms with E-state index in [1.54, 1.807) is 13.0 Å². The first-order valence-corrected chi connectivity index (χ1v) is 11.8. The van der Waals surface area contributed by atoms with Gasteiger partial charge in [0, 0.05) is 49.9 Å². The van der Waals surface area contributed by atoms with Crippen LogP contribution in [0.3, 0.4) is 0 Å². The number of hydrogen-bond donors (Lipinski definition) is 1. The van der Waals surface area contributed by atoms with Crippen molar-refractivity contribution < 1.29 is 18.5 Å². The van der Waals surface area contributed by atoms with Gasteiger partial charge < -0.3 is 14.7 Å². The smallest absolute Gasteiger partial charge is 0.232 e. The predicted molar refractivity (Wildman–Crippen MR) is 123 cm³/mol. The Kier molecular flexibility index (Phi) is 7.12. The van der Waals surface area contributed by atoms with Crippen molar-refractivity contribution in [3.05, 3.63) is 46.6 Å². The van der Waals surface area contributed by atoms with Gasteiger partial charge in [-0.1, -0.05) is 18.0 Å². The number of piperazine rings is 1. The number of anilines is 1. The SMILES string of the molecule is Cc1cc(CC(=O)Nc2cc(F)cc(CN3CCN(C(=O)C4CCCC4)C(C)C3)c2C)on1. The number of aryl methyl sites for hydroxylation is 1. The number of amides is 2. The van der Waals surface area contributed by atoms with E-state index in [1.807, 2.05) is 11.8 Å². The molecule has 2 amide bonds. The molecule has 1 unspecified atom stereocenters. The van der Waals surface area contributed by atoms with E-state index in [0.29, 0.717) is 36.1 Å². The molecule has 0 spiro atoms. The molecular formula is C25H33FN4O3. The summed E-state index contributed by atoms with van der Waals surface area (Å²) < 4.78 is 19.5. The number of halogens is 1. The number of nitrogens with zero attached hydrogens (tertiary/aromatic N) is 3. The van der Waals surface area contributed by atoms with E-state index in [0.717, 1.165) is 49.9 Å². The third kappa shape index (κ3) is 5.61. The number of carbonyl (C=O) groups excluding carboxylic acids is 2. The summed E-state index contributed by atoms with van der Waals surface area (Å²) in [6, 6.07) is 4.72. The standard InChI is InChI=1S/C25H33FN4O3/c1-16-10-22(33-28-16)13-24(31)27-23-12-21(26)11-20(18(23)3)15-29-8-9-30(17(2)14-29)25(32)19-6-4-5-7-19/h10-12,17,19H,4-9,13-15H2,1-3H3,(H,27,31). The second-order valence-corrected chi connectivity index (χ2v) is 9.49. The number of aromatic nitrogens is 1.